The van der Waals surface area contributed by atoms with Gasteiger partial charge < -0.3 is 21.5 Å². The predicted molar refractivity (Wildman–Crippen MR) is 151 cm³/mol. The summed E-state index contributed by atoms with van der Waals surface area (Å²) in [5, 5.41) is 16.2. The van der Waals surface area contributed by atoms with Crippen LogP contribution in [0.3, 0.4) is 0 Å². The summed E-state index contributed by atoms with van der Waals surface area (Å²) in [6.45, 7) is 6.40. The number of carbonyl (C=O) groups is 1. The van der Waals surface area contributed by atoms with Crippen molar-refractivity contribution in [2.24, 2.45) is 5.73 Å². The summed E-state index contributed by atoms with van der Waals surface area (Å²) in [5.41, 5.74) is 8.46. The molecule has 0 radical (unpaired) electrons. The van der Waals surface area contributed by atoms with Crippen molar-refractivity contribution >= 4 is 15.7 Å². The van der Waals surface area contributed by atoms with Gasteiger partial charge in [0.1, 0.15) is 11.6 Å². The van der Waals surface area contributed by atoms with E-state index in [1.807, 2.05) is 32.0 Å². The van der Waals surface area contributed by atoms with Gasteiger partial charge in [-0.2, -0.15) is 0 Å². The minimum Gasteiger partial charge on any atom is -0.390 e. The van der Waals surface area contributed by atoms with E-state index in [9.17, 15) is 27.1 Å². The molecule has 2 rings (SSSR count). The molecule has 1 amide bonds. The maximum Gasteiger partial charge on any atom is 0.238 e. The molecule has 2 aromatic rings. The van der Waals surface area contributed by atoms with Crippen LogP contribution in [0.5, 0.6) is 0 Å². The van der Waals surface area contributed by atoms with Crippen molar-refractivity contribution in [3.05, 3.63) is 70.8 Å². The van der Waals surface area contributed by atoms with Gasteiger partial charge in [-0.15, -0.1) is 0 Å². The Morgan fingerprint density at radius 1 is 0.974 bits per heavy atom. The number of aliphatic hydroxyl groups is 1. The second kappa shape index (κ2) is 16.0. The Morgan fingerprint density at radius 3 is 2.18 bits per heavy atom. The predicted octanol–water partition coefficient (Wildman–Crippen LogP) is 3.42. The fraction of sp³-hybridized carbons (Fsp3) is 0.552. The monoisotopic (exact) mass is 567 g/mol. The first-order chi connectivity index (χ1) is 18.5. The van der Waals surface area contributed by atoms with Gasteiger partial charge in [0.15, 0.2) is 9.84 Å². The highest BCUT2D eigenvalue weighted by Gasteiger charge is 2.31. The summed E-state index contributed by atoms with van der Waals surface area (Å²) >= 11 is 0. The highest BCUT2D eigenvalue weighted by atomic mass is 32.2. The standard InChI is InChI=1S/C29H43F2N3O4S/c1-4-8-25(9-5-2)39(37,38)19-26(32)29(36)34-27(15-22-13-23(30)16-24(31)14-22)28(35)18-33-17-21-11-7-10-20(6-3)12-21/h7,10-14,16,25-28,33,35H,4-6,8-9,15,17-19,32H2,1-3H3,(H,34,36)/t26?,27-,28+/m0/s1. The Kier molecular flexibility index (Phi) is 13.5. The van der Waals surface area contributed by atoms with Gasteiger partial charge in [-0.05, 0) is 54.5 Å². The van der Waals surface area contributed by atoms with Crippen LogP contribution in [-0.2, 0) is 34.0 Å². The fourth-order valence-corrected chi connectivity index (χ4v) is 6.75. The first-order valence-corrected chi connectivity index (χ1v) is 15.4. The van der Waals surface area contributed by atoms with Crippen LogP contribution in [0.15, 0.2) is 42.5 Å². The normalized spacial score (nSPS) is 14.3. The van der Waals surface area contributed by atoms with Crippen molar-refractivity contribution in [1.82, 2.24) is 10.6 Å². The minimum absolute atomic E-state index is 0.0711. The molecule has 10 heteroatoms. The summed E-state index contributed by atoms with van der Waals surface area (Å²) < 4.78 is 53.5. The molecule has 0 heterocycles. The van der Waals surface area contributed by atoms with Gasteiger partial charge in [-0.3, -0.25) is 4.79 Å². The van der Waals surface area contributed by atoms with E-state index < -0.39 is 56.6 Å². The van der Waals surface area contributed by atoms with Crippen LogP contribution in [-0.4, -0.2) is 55.2 Å². The van der Waals surface area contributed by atoms with Crippen molar-refractivity contribution in [2.45, 2.75) is 89.3 Å². The van der Waals surface area contributed by atoms with Gasteiger partial charge in [0.2, 0.25) is 5.91 Å². The molecule has 0 aliphatic carbocycles. The van der Waals surface area contributed by atoms with Crippen LogP contribution in [0.2, 0.25) is 0 Å². The van der Waals surface area contributed by atoms with Crippen molar-refractivity contribution in [2.75, 3.05) is 12.3 Å². The zero-order valence-corrected chi connectivity index (χ0v) is 23.9. The van der Waals surface area contributed by atoms with Gasteiger partial charge in [0, 0.05) is 19.2 Å². The summed E-state index contributed by atoms with van der Waals surface area (Å²) in [6.07, 6.45) is 2.03. The molecule has 0 aliphatic heterocycles. The van der Waals surface area contributed by atoms with E-state index in [0.717, 1.165) is 30.2 Å². The van der Waals surface area contributed by atoms with Crippen LogP contribution in [0.25, 0.3) is 0 Å². The number of rotatable bonds is 17. The first kappa shape index (κ1) is 32.8. The summed E-state index contributed by atoms with van der Waals surface area (Å²) in [5.74, 6) is -2.83. The van der Waals surface area contributed by atoms with Crippen molar-refractivity contribution in [3.8, 4) is 0 Å². The Bertz CT molecular complexity index is 1140. The molecule has 218 valence electrons. The number of halogens is 2. The third kappa shape index (κ3) is 10.9. The molecule has 39 heavy (non-hydrogen) atoms. The smallest absolute Gasteiger partial charge is 0.238 e. The van der Waals surface area contributed by atoms with E-state index in [1.165, 1.54) is 5.56 Å². The van der Waals surface area contributed by atoms with Crippen molar-refractivity contribution in [1.29, 1.82) is 0 Å². The third-order valence-electron chi connectivity index (χ3n) is 6.73. The van der Waals surface area contributed by atoms with Gasteiger partial charge in [0.05, 0.1) is 29.2 Å². The Labute approximate surface area is 231 Å². The lowest BCUT2D eigenvalue weighted by Crippen LogP contribution is -2.54. The van der Waals surface area contributed by atoms with Crippen LogP contribution in [0, 0.1) is 11.6 Å². The third-order valence-corrected chi connectivity index (χ3v) is 9.04. The number of benzene rings is 2. The van der Waals surface area contributed by atoms with Gasteiger partial charge in [-0.25, -0.2) is 17.2 Å². The second-order valence-electron chi connectivity index (χ2n) is 10.1. The molecule has 0 spiro atoms. The number of nitrogens with two attached hydrogens (primary N) is 1. The SMILES string of the molecule is CCCC(CCC)S(=O)(=O)CC(N)C(=O)N[C@@H](Cc1cc(F)cc(F)c1)[C@H](O)CNCc1cccc(CC)c1. The second-order valence-corrected chi connectivity index (χ2v) is 12.4. The van der Waals surface area contributed by atoms with E-state index in [4.69, 9.17) is 5.73 Å². The topological polar surface area (TPSA) is 122 Å². The van der Waals surface area contributed by atoms with Gasteiger partial charge in [-0.1, -0.05) is 57.9 Å². The van der Waals surface area contributed by atoms with E-state index in [1.54, 1.807) is 0 Å². The van der Waals surface area contributed by atoms with E-state index in [0.29, 0.717) is 32.2 Å². The molecule has 0 bridgehead atoms. The highest BCUT2D eigenvalue weighted by Crippen LogP contribution is 2.17. The molecule has 2 aromatic carbocycles. The maximum absolute atomic E-state index is 13.8. The molecular weight excluding hydrogens is 524 g/mol. The lowest BCUT2D eigenvalue weighted by atomic mass is 10.00. The number of amides is 1. The zero-order chi connectivity index (χ0) is 29.0. The molecule has 0 fully saturated rings. The van der Waals surface area contributed by atoms with Gasteiger partial charge >= 0.3 is 0 Å². The van der Waals surface area contributed by atoms with E-state index in [2.05, 4.69) is 23.6 Å². The molecule has 5 N–H and O–H groups in total. The number of hydrogen-bond donors (Lipinski definition) is 4. The number of aryl methyl sites for hydroxylation is 1. The van der Waals surface area contributed by atoms with Crippen LogP contribution >= 0.6 is 0 Å². The number of hydrogen-bond acceptors (Lipinski definition) is 6. The number of nitrogens with one attached hydrogen (secondary N) is 2. The fourth-order valence-electron chi connectivity index (χ4n) is 4.63. The molecule has 1 unspecified atom stereocenters. The van der Waals surface area contributed by atoms with E-state index in [-0.39, 0.29) is 18.5 Å². The Balaban J connectivity index is 2.13. The minimum atomic E-state index is -3.63. The molecule has 0 aromatic heterocycles. The summed E-state index contributed by atoms with van der Waals surface area (Å²) in [7, 11) is -3.63. The number of carbonyl (C=O) groups excluding carboxylic acids is 1. The first-order valence-electron chi connectivity index (χ1n) is 13.7. The highest BCUT2D eigenvalue weighted by molar-refractivity contribution is 7.92. The van der Waals surface area contributed by atoms with Crippen LogP contribution in [0.1, 0.15) is 63.1 Å². The summed E-state index contributed by atoms with van der Waals surface area (Å²) in [4.78, 5) is 13.0. The Hall–Kier alpha value is -2.40. The quantitative estimate of drug-likeness (QED) is 0.233. The number of aliphatic hydroxyl groups excluding tert-OH is 1. The molecule has 7 nitrogen and oxygen atoms in total. The average molecular weight is 568 g/mol. The van der Waals surface area contributed by atoms with E-state index >= 15 is 0 Å². The largest absolute Gasteiger partial charge is 0.390 e. The zero-order valence-electron chi connectivity index (χ0n) is 23.1. The molecule has 0 saturated heterocycles. The van der Waals surface area contributed by atoms with Crippen molar-refractivity contribution < 1.29 is 27.1 Å². The van der Waals surface area contributed by atoms with Crippen LogP contribution < -0.4 is 16.4 Å². The lowest BCUT2D eigenvalue weighted by Gasteiger charge is -2.27. The molecule has 3 atom stereocenters. The van der Waals surface area contributed by atoms with Crippen LogP contribution in [0.4, 0.5) is 8.78 Å². The average Bonchev–Trinajstić information content (AvgIpc) is 2.87. The molecular formula is C29H43F2N3O4S. The molecule has 0 saturated carbocycles. The lowest BCUT2D eigenvalue weighted by molar-refractivity contribution is -0.123. The Morgan fingerprint density at radius 2 is 1.59 bits per heavy atom. The van der Waals surface area contributed by atoms with Gasteiger partial charge in [0.25, 0.3) is 0 Å². The number of sulfone groups is 1. The molecule has 0 aliphatic rings. The maximum atomic E-state index is 13.8. The summed E-state index contributed by atoms with van der Waals surface area (Å²) in [6, 6.07) is 8.66. The van der Waals surface area contributed by atoms with Crippen molar-refractivity contribution in [3.63, 3.8) is 0 Å².